The molecule has 2 N–H and O–H groups in total. The van der Waals surface area contributed by atoms with Crippen LogP contribution < -0.4 is 5.73 Å². The van der Waals surface area contributed by atoms with E-state index >= 15 is 0 Å². The predicted molar refractivity (Wildman–Crippen MR) is 22.2 cm³/mol. The molecule has 0 bridgehead atoms. The molecule has 0 unspecified atom stereocenters. The largest absolute Gasteiger partial charge is 0.320 e. The standard InChI is InChI=1S/C4H6N/c1-2-3-4-5/h1,4-5H2. The molecule has 5 heavy (non-hydrogen) atoms. The van der Waals surface area contributed by atoms with Gasteiger partial charge in [-0.1, -0.05) is 5.92 Å². The first-order valence-electron chi connectivity index (χ1n) is 1.37. The Labute approximate surface area is 32.2 Å². The average molecular weight is 68.1 g/mol. The number of rotatable bonds is 0. The first-order valence-corrected chi connectivity index (χ1v) is 1.37. The lowest BCUT2D eigenvalue weighted by atomic mass is 10.6. The minimum Gasteiger partial charge on any atom is -0.320 e. The van der Waals surface area contributed by atoms with Gasteiger partial charge in [-0.15, -0.1) is 5.92 Å². The number of nitrogens with two attached hydrogens (primary N) is 1. The summed E-state index contributed by atoms with van der Waals surface area (Å²) >= 11 is 0. The SMILES string of the molecule is [CH2]C#CCN. The topological polar surface area (TPSA) is 26.0 Å². The lowest BCUT2D eigenvalue weighted by molar-refractivity contribution is 1.30. The Hall–Kier alpha value is -0.480. The summed E-state index contributed by atoms with van der Waals surface area (Å²) in [7, 11) is 0. The van der Waals surface area contributed by atoms with Crippen molar-refractivity contribution in [2.24, 2.45) is 5.73 Å². The first kappa shape index (κ1) is 4.52. The van der Waals surface area contributed by atoms with E-state index in [9.17, 15) is 0 Å². The molecule has 0 atom stereocenters. The molecule has 0 aromatic carbocycles. The van der Waals surface area contributed by atoms with Gasteiger partial charge >= 0.3 is 0 Å². The molecule has 0 aliphatic heterocycles. The molecule has 1 heteroatoms. The third kappa shape index (κ3) is 3.52. The summed E-state index contributed by atoms with van der Waals surface area (Å²) in [6, 6.07) is 0. The lowest BCUT2D eigenvalue weighted by Gasteiger charge is -1.60. The Balaban J connectivity index is 2.81. The van der Waals surface area contributed by atoms with Crippen LogP contribution >= 0.6 is 0 Å². The predicted octanol–water partition coefficient (Wildman–Crippen LogP) is -0.217. The highest BCUT2D eigenvalue weighted by Crippen LogP contribution is 1.39. The van der Waals surface area contributed by atoms with Gasteiger partial charge in [-0.05, 0) is 0 Å². The van der Waals surface area contributed by atoms with E-state index in [4.69, 9.17) is 5.73 Å². The summed E-state index contributed by atoms with van der Waals surface area (Å²) in [5, 5.41) is 0. The normalized spacial score (nSPS) is 5.20. The highest BCUT2D eigenvalue weighted by Gasteiger charge is 1.47. The van der Waals surface area contributed by atoms with Crippen molar-refractivity contribution in [2.75, 3.05) is 6.54 Å². The van der Waals surface area contributed by atoms with E-state index in [-0.39, 0.29) is 0 Å². The van der Waals surface area contributed by atoms with Crippen LogP contribution in [0.1, 0.15) is 0 Å². The van der Waals surface area contributed by atoms with Crippen molar-refractivity contribution in [3.05, 3.63) is 6.92 Å². The molecule has 0 fully saturated rings. The van der Waals surface area contributed by atoms with Crippen LogP contribution in [0, 0.1) is 18.8 Å². The highest BCUT2D eigenvalue weighted by atomic mass is 14.5. The third-order valence-corrected chi connectivity index (χ3v) is 0.227. The Morgan fingerprint density at radius 3 is 2.40 bits per heavy atom. The zero-order valence-electron chi connectivity index (χ0n) is 2.99. The quantitative estimate of drug-likeness (QED) is 0.390. The minimum absolute atomic E-state index is 0.420. The van der Waals surface area contributed by atoms with Crippen LogP contribution in [0.4, 0.5) is 0 Å². The molecule has 1 radical (unpaired) electrons. The molecule has 0 aromatic rings. The first-order chi connectivity index (χ1) is 2.41. The maximum atomic E-state index is 4.93. The molecule has 0 aromatic heterocycles. The van der Waals surface area contributed by atoms with Crippen LogP contribution in [0.2, 0.25) is 0 Å². The number of hydrogen-bond acceptors (Lipinski definition) is 1. The summed E-state index contributed by atoms with van der Waals surface area (Å²) < 4.78 is 0. The second kappa shape index (κ2) is 3.52. The number of hydrogen-bond donors (Lipinski definition) is 1. The monoisotopic (exact) mass is 68.1 g/mol. The smallest absolute Gasteiger partial charge is 0.0551 e. The maximum Gasteiger partial charge on any atom is 0.0551 e. The van der Waals surface area contributed by atoms with E-state index in [2.05, 4.69) is 18.8 Å². The molecular formula is C4H6N. The van der Waals surface area contributed by atoms with Crippen LogP contribution in [-0.2, 0) is 0 Å². The molecule has 0 aliphatic carbocycles. The summed E-state index contributed by atoms with van der Waals surface area (Å²) in [6.07, 6.45) is 0. The molecule has 1 nitrogen and oxygen atoms in total. The van der Waals surface area contributed by atoms with Crippen molar-refractivity contribution in [1.82, 2.24) is 0 Å². The lowest BCUT2D eigenvalue weighted by Crippen LogP contribution is -1.91. The minimum atomic E-state index is 0.420. The van der Waals surface area contributed by atoms with Crippen molar-refractivity contribution < 1.29 is 0 Å². The van der Waals surface area contributed by atoms with Crippen LogP contribution in [0.25, 0.3) is 0 Å². The second-order valence-electron chi connectivity index (χ2n) is 0.558. The van der Waals surface area contributed by atoms with E-state index in [0.29, 0.717) is 6.54 Å². The van der Waals surface area contributed by atoms with Gasteiger partial charge in [0.05, 0.1) is 6.54 Å². The Morgan fingerprint density at radius 1 is 1.80 bits per heavy atom. The Morgan fingerprint density at radius 2 is 2.40 bits per heavy atom. The van der Waals surface area contributed by atoms with Crippen molar-refractivity contribution >= 4 is 0 Å². The van der Waals surface area contributed by atoms with E-state index in [1.54, 1.807) is 0 Å². The van der Waals surface area contributed by atoms with E-state index in [0.717, 1.165) is 0 Å². The van der Waals surface area contributed by atoms with Gasteiger partial charge in [-0.2, -0.15) is 0 Å². The molecule has 0 aliphatic rings. The second-order valence-corrected chi connectivity index (χ2v) is 0.558. The molecule has 27 valence electrons. The fourth-order valence-electron chi connectivity index (χ4n) is 0.0722. The Bertz CT molecular complexity index is 55.8. The molecule has 0 heterocycles. The van der Waals surface area contributed by atoms with Crippen LogP contribution in [-0.4, -0.2) is 6.54 Å². The van der Waals surface area contributed by atoms with Gasteiger partial charge in [0, 0.05) is 6.92 Å². The zero-order chi connectivity index (χ0) is 4.12. The van der Waals surface area contributed by atoms with Gasteiger partial charge in [0.1, 0.15) is 0 Å². The summed E-state index contributed by atoms with van der Waals surface area (Å²) in [4.78, 5) is 0. The van der Waals surface area contributed by atoms with Gasteiger partial charge < -0.3 is 5.73 Å². The van der Waals surface area contributed by atoms with E-state index in [1.165, 1.54) is 0 Å². The van der Waals surface area contributed by atoms with Crippen LogP contribution in [0.5, 0.6) is 0 Å². The van der Waals surface area contributed by atoms with Gasteiger partial charge in [0.25, 0.3) is 0 Å². The third-order valence-electron chi connectivity index (χ3n) is 0.227. The van der Waals surface area contributed by atoms with Gasteiger partial charge in [0.2, 0.25) is 0 Å². The van der Waals surface area contributed by atoms with E-state index in [1.807, 2.05) is 0 Å². The van der Waals surface area contributed by atoms with Gasteiger partial charge in [-0.25, -0.2) is 0 Å². The highest BCUT2D eigenvalue weighted by molar-refractivity contribution is 5.01. The van der Waals surface area contributed by atoms with Crippen LogP contribution in [0.15, 0.2) is 0 Å². The summed E-state index contributed by atoms with van der Waals surface area (Å²) in [6.45, 7) is 3.65. The van der Waals surface area contributed by atoms with Crippen molar-refractivity contribution in [3.8, 4) is 11.8 Å². The average Bonchev–Trinajstić information content (AvgIpc) is 1.41. The van der Waals surface area contributed by atoms with Crippen molar-refractivity contribution in [2.45, 2.75) is 0 Å². The van der Waals surface area contributed by atoms with Crippen molar-refractivity contribution in [3.63, 3.8) is 0 Å². The van der Waals surface area contributed by atoms with Gasteiger partial charge in [0.15, 0.2) is 0 Å². The molecule has 0 rings (SSSR count). The molecule has 0 saturated heterocycles. The Kier molecular flexibility index (Phi) is 3.18. The molecule has 0 spiro atoms. The fraction of sp³-hybridized carbons (Fsp3) is 0.250. The summed E-state index contributed by atoms with van der Waals surface area (Å²) in [5.74, 6) is 4.92. The molecule has 0 amide bonds. The van der Waals surface area contributed by atoms with Crippen molar-refractivity contribution in [1.29, 1.82) is 0 Å². The maximum absolute atomic E-state index is 4.93. The molecule has 0 saturated carbocycles. The zero-order valence-corrected chi connectivity index (χ0v) is 2.99. The van der Waals surface area contributed by atoms with Gasteiger partial charge in [-0.3, -0.25) is 0 Å². The van der Waals surface area contributed by atoms with Crippen LogP contribution in [0.3, 0.4) is 0 Å². The summed E-state index contributed by atoms with van der Waals surface area (Å²) in [5.41, 5.74) is 4.93. The van der Waals surface area contributed by atoms with E-state index < -0.39 is 0 Å². The molecular weight excluding hydrogens is 62.1 g/mol. The fourth-order valence-corrected chi connectivity index (χ4v) is 0.0722.